The zero-order valence-corrected chi connectivity index (χ0v) is 14.4. The number of hydrogen-bond donors (Lipinski definition) is 2. The van der Waals surface area contributed by atoms with Crippen molar-refractivity contribution in [2.75, 3.05) is 25.6 Å². The Bertz CT molecular complexity index is 714. The third-order valence-electron chi connectivity index (χ3n) is 3.37. The zero-order valence-electron chi connectivity index (χ0n) is 14.4. The number of benzene rings is 2. The lowest BCUT2D eigenvalue weighted by Crippen LogP contribution is -2.24. The third kappa shape index (κ3) is 5.84. The van der Waals surface area contributed by atoms with E-state index in [4.69, 9.17) is 9.47 Å². The monoisotopic (exact) mass is 342 g/mol. The van der Waals surface area contributed by atoms with E-state index in [-0.39, 0.29) is 18.4 Å². The first-order valence-corrected chi connectivity index (χ1v) is 8.07. The predicted molar refractivity (Wildman–Crippen MR) is 96.2 cm³/mol. The Morgan fingerprint density at radius 2 is 1.76 bits per heavy atom. The molecule has 0 heterocycles. The summed E-state index contributed by atoms with van der Waals surface area (Å²) in [5, 5.41) is 5.52. The fourth-order valence-corrected chi connectivity index (χ4v) is 2.10. The molecule has 2 rings (SSSR count). The fraction of sp³-hybridized carbons (Fsp3) is 0.263. The van der Waals surface area contributed by atoms with Gasteiger partial charge in [0.15, 0.2) is 6.61 Å². The van der Waals surface area contributed by atoms with Crippen molar-refractivity contribution in [2.24, 2.45) is 0 Å². The van der Waals surface area contributed by atoms with E-state index in [1.54, 1.807) is 55.6 Å². The van der Waals surface area contributed by atoms with Gasteiger partial charge in [0.05, 0.1) is 7.11 Å². The molecule has 0 fully saturated rings. The topological polar surface area (TPSA) is 76.7 Å². The molecule has 0 aliphatic heterocycles. The highest BCUT2D eigenvalue weighted by atomic mass is 16.5. The molecule has 0 aromatic heterocycles. The van der Waals surface area contributed by atoms with Gasteiger partial charge in [0.2, 0.25) is 0 Å². The number of ether oxygens (including phenoxy) is 2. The van der Waals surface area contributed by atoms with Gasteiger partial charge in [0.25, 0.3) is 11.8 Å². The predicted octanol–water partition coefficient (Wildman–Crippen LogP) is 2.85. The lowest BCUT2D eigenvalue weighted by atomic mass is 10.2. The molecular formula is C19H22N2O4. The van der Waals surface area contributed by atoms with Crippen molar-refractivity contribution >= 4 is 17.5 Å². The highest BCUT2D eigenvalue weighted by Crippen LogP contribution is 2.17. The van der Waals surface area contributed by atoms with Gasteiger partial charge in [-0.1, -0.05) is 13.0 Å². The molecule has 0 radical (unpaired) electrons. The van der Waals surface area contributed by atoms with Gasteiger partial charge in [-0.2, -0.15) is 0 Å². The van der Waals surface area contributed by atoms with E-state index >= 15 is 0 Å². The first kappa shape index (κ1) is 18.3. The lowest BCUT2D eigenvalue weighted by molar-refractivity contribution is -0.118. The van der Waals surface area contributed by atoms with Crippen LogP contribution in [0.4, 0.5) is 5.69 Å². The minimum atomic E-state index is -0.304. The van der Waals surface area contributed by atoms with Gasteiger partial charge in [0.1, 0.15) is 11.5 Å². The van der Waals surface area contributed by atoms with Gasteiger partial charge in [0, 0.05) is 17.8 Å². The highest BCUT2D eigenvalue weighted by Gasteiger charge is 2.08. The van der Waals surface area contributed by atoms with E-state index < -0.39 is 0 Å². The summed E-state index contributed by atoms with van der Waals surface area (Å²) in [6.45, 7) is 2.48. The molecule has 2 N–H and O–H groups in total. The second-order valence-electron chi connectivity index (χ2n) is 5.35. The fourth-order valence-electron chi connectivity index (χ4n) is 2.10. The molecule has 132 valence electrons. The molecule has 0 unspecified atom stereocenters. The van der Waals surface area contributed by atoms with E-state index in [0.29, 0.717) is 23.5 Å². The Labute approximate surface area is 147 Å². The second-order valence-corrected chi connectivity index (χ2v) is 5.35. The molecule has 2 aromatic rings. The van der Waals surface area contributed by atoms with Gasteiger partial charge in [-0.15, -0.1) is 0 Å². The summed E-state index contributed by atoms with van der Waals surface area (Å²) in [5.41, 5.74) is 1.05. The molecule has 6 nitrogen and oxygen atoms in total. The van der Waals surface area contributed by atoms with Crippen molar-refractivity contribution < 1.29 is 19.1 Å². The van der Waals surface area contributed by atoms with Crippen molar-refractivity contribution in [3.05, 3.63) is 54.1 Å². The number of amides is 2. The second kappa shape index (κ2) is 9.32. The molecule has 0 aliphatic carbocycles. The number of hydrogen-bond acceptors (Lipinski definition) is 4. The van der Waals surface area contributed by atoms with Crippen LogP contribution in [0.15, 0.2) is 48.5 Å². The van der Waals surface area contributed by atoms with Gasteiger partial charge in [-0.3, -0.25) is 9.59 Å². The van der Waals surface area contributed by atoms with E-state index in [0.717, 1.165) is 12.2 Å². The van der Waals surface area contributed by atoms with Crippen LogP contribution in [0.2, 0.25) is 0 Å². The molecule has 2 aromatic carbocycles. The molecule has 2 amide bonds. The average molecular weight is 342 g/mol. The lowest BCUT2D eigenvalue weighted by Gasteiger charge is -2.09. The minimum Gasteiger partial charge on any atom is -0.497 e. The standard InChI is InChI=1S/C19H22N2O4/c1-3-11-20-19(23)14-5-4-6-15(12-14)21-18(22)13-25-17-9-7-16(24-2)8-10-17/h4-10,12H,3,11,13H2,1-2H3,(H,20,23)(H,21,22). The maximum absolute atomic E-state index is 12.0. The van der Waals surface area contributed by atoms with E-state index in [9.17, 15) is 9.59 Å². The van der Waals surface area contributed by atoms with Crippen molar-refractivity contribution in [2.45, 2.75) is 13.3 Å². The molecule has 0 saturated heterocycles. The maximum atomic E-state index is 12.0. The van der Waals surface area contributed by atoms with Crippen molar-refractivity contribution in [3.8, 4) is 11.5 Å². The maximum Gasteiger partial charge on any atom is 0.262 e. The number of anilines is 1. The summed E-state index contributed by atoms with van der Waals surface area (Å²) in [5.74, 6) is 0.827. The van der Waals surface area contributed by atoms with Crippen LogP contribution in [0.1, 0.15) is 23.7 Å². The first-order chi connectivity index (χ1) is 12.1. The van der Waals surface area contributed by atoms with Crippen LogP contribution < -0.4 is 20.1 Å². The van der Waals surface area contributed by atoms with E-state index in [2.05, 4.69) is 10.6 Å². The summed E-state index contributed by atoms with van der Waals surface area (Å²) in [6, 6.07) is 13.8. The van der Waals surface area contributed by atoms with Crippen molar-refractivity contribution in [1.82, 2.24) is 5.32 Å². The van der Waals surface area contributed by atoms with Crippen LogP contribution in [-0.4, -0.2) is 32.1 Å². The summed E-state index contributed by atoms with van der Waals surface area (Å²) in [6.07, 6.45) is 0.866. The highest BCUT2D eigenvalue weighted by molar-refractivity contribution is 5.97. The van der Waals surface area contributed by atoms with Gasteiger partial charge >= 0.3 is 0 Å². The Balaban J connectivity index is 1.88. The van der Waals surface area contributed by atoms with Crippen LogP contribution in [0.5, 0.6) is 11.5 Å². The largest absolute Gasteiger partial charge is 0.497 e. The van der Waals surface area contributed by atoms with E-state index in [1.807, 2.05) is 6.92 Å². The molecular weight excluding hydrogens is 320 g/mol. The molecule has 0 saturated carbocycles. The Morgan fingerprint density at radius 1 is 1.04 bits per heavy atom. The molecule has 25 heavy (non-hydrogen) atoms. The van der Waals surface area contributed by atoms with E-state index in [1.165, 1.54) is 0 Å². The smallest absolute Gasteiger partial charge is 0.262 e. The molecule has 0 bridgehead atoms. The van der Waals surface area contributed by atoms with Crippen LogP contribution in [-0.2, 0) is 4.79 Å². The third-order valence-corrected chi connectivity index (χ3v) is 3.37. The number of carbonyl (C=O) groups is 2. The molecule has 0 spiro atoms. The zero-order chi connectivity index (χ0) is 18.1. The van der Waals surface area contributed by atoms with Gasteiger partial charge in [-0.05, 0) is 48.9 Å². The minimum absolute atomic E-state index is 0.126. The summed E-state index contributed by atoms with van der Waals surface area (Å²) in [4.78, 5) is 23.9. The average Bonchev–Trinajstić information content (AvgIpc) is 2.65. The summed E-state index contributed by atoms with van der Waals surface area (Å²) in [7, 11) is 1.58. The van der Waals surface area contributed by atoms with Crippen LogP contribution in [0.3, 0.4) is 0 Å². The number of rotatable bonds is 8. The first-order valence-electron chi connectivity index (χ1n) is 8.07. The quantitative estimate of drug-likeness (QED) is 0.773. The Morgan fingerprint density at radius 3 is 2.44 bits per heavy atom. The van der Waals surface area contributed by atoms with Crippen molar-refractivity contribution in [1.29, 1.82) is 0 Å². The number of nitrogens with one attached hydrogen (secondary N) is 2. The van der Waals surface area contributed by atoms with Crippen molar-refractivity contribution in [3.63, 3.8) is 0 Å². The van der Waals surface area contributed by atoms with Gasteiger partial charge in [-0.25, -0.2) is 0 Å². The number of carbonyl (C=O) groups excluding carboxylic acids is 2. The Hall–Kier alpha value is -3.02. The van der Waals surface area contributed by atoms with Crippen LogP contribution in [0, 0.1) is 0 Å². The van der Waals surface area contributed by atoms with Crippen LogP contribution >= 0.6 is 0 Å². The summed E-state index contributed by atoms with van der Waals surface area (Å²) < 4.78 is 10.5. The number of methoxy groups -OCH3 is 1. The van der Waals surface area contributed by atoms with Crippen LogP contribution in [0.25, 0.3) is 0 Å². The SMILES string of the molecule is CCCNC(=O)c1cccc(NC(=O)COc2ccc(OC)cc2)c1. The molecule has 6 heteroatoms. The molecule has 0 atom stereocenters. The van der Waals surface area contributed by atoms with Gasteiger partial charge < -0.3 is 20.1 Å². The normalized spacial score (nSPS) is 10.0. The summed E-state index contributed by atoms with van der Waals surface area (Å²) >= 11 is 0. The molecule has 0 aliphatic rings. The Kier molecular flexibility index (Phi) is 6.83.